The third-order valence-electron chi connectivity index (χ3n) is 4.45. The highest BCUT2D eigenvalue weighted by Crippen LogP contribution is 2.30. The molecule has 0 spiro atoms. The van der Waals surface area contributed by atoms with Crippen molar-refractivity contribution < 1.29 is 9.59 Å². The van der Waals surface area contributed by atoms with Crippen LogP contribution < -0.4 is 0 Å². The average Bonchev–Trinajstić information content (AvgIpc) is 2.54. The first-order chi connectivity index (χ1) is 11.4. The van der Waals surface area contributed by atoms with Crippen molar-refractivity contribution in [3.63, 3.8) is 0 Å². The molecule has 1 aliphatic rings. The van der Waals surface area contributed by atoms with E-state index in [1.165, 1.54) is 12.2 Å². The van der Waals surface area contributed by atoms with Crippen LogP contribution >= 0.6 is 0 Å². The lowest BCUT2D eigenvalue weighted by atomic mass is 9.85. The first kappa shape index (κ1) is 16.1. The van der Waals surface area contributed by atoms with Gasteiger partial charge in [0.05, 0.1) is 0 Å². The molecule has 24 heavy (non-hydrogen) atoms. The van der Waals surface area contributed by atoms with E-state index in [9.17, 15) is 9.59 Å². The first-order valence-corrected chi connectivity index (χ1v) is 8.04. The molecule has 0 saturated carbocycles. The molecule has 0 fully saturated rings. The van der Waals surface area contributed by atoms with E-state index in [2.05, 4.69) is 0 Å². The van der Waals surface area contributed by atoms with Crippen molar-refractivity contribution in [1.29, 1.82) is 0 Å². The maximum atomic E-state index is 12.7. The summed E-state index contributed by atoms with van der Waals surface area (Å²) in [5.74, 6) is -0.224. The van der Waals surface area contributed by atoms with Crippen molar-refractivity contribution >= 4 is 22.7 Å². The third kappa shape index (κ3) is 2.88. The highest BCUT2D eigenvalue weighted by atomic mass is 16.1. The second-order valence-electron chi connectivity index (χ2n) is 6.48. The van der Waals surface area contributed by atoms with E-state index in [1.807, 2.05) is 64.1 Å². The van der Waals surface area contributed by atoms with E-state index < -0.39 is 0 Å². The highest BCUT2D eigenvalue weighted by molar-refractivity contribution is 6.44. The summed E-state index contributed by atoms with van der Waals surface area (Å²) in [5.41, 5.74) is 6.77. The monoisotopic (exact) mass is 316 g/mol. The summed E-state index contributed by atoms with van der Waals surface area (Å²) in [6, 6.07) is 11.9. The molecule has 1 aliphatic carbocycles. The van der Waals surface area contributed by atoms with Crippen LogP contribution in [0.25, 0.3) is 11.1 Å². The smallest absolute Gasteiger partial charge is 0.187 e. The van der Waals surface area contributed by atoms with Gasteiger partial charge in [0.15, 0.2) is 11.6 Å². The van der Waals surface area contributed by atoms with Crippen LogP contribution in [0.3, 0.4) is 0 Å². The van der Waals surface area contributed by atoms with E-state index >= 15 is 0 Å². The molecule has 0 unspecified atom stereocenters. The molecule has 2 nitrogen and oxygen atoms in total. The summed E-state index contributed by atoms with van der Waals surface area (Å²) in [6.45, 7) is 7.88. The summed E-state index contributed by atoms with van der Waals surface area (Å²) in [4.78, 5) is 25.4. The number of carbonyl (C=O) groups is 2. The molecule has 2 aromatic rings. The van der Waals surface area contributed by atoms with Gasteiger partial charge >= 0.3 is 0 Å². The lowest BCUT2D eigenvalue weighted by Gasteiger charge is -2.16. The molecule has 0 aromatic heterocycles. The zero-order chi connectivity index (χ0) is 17.4. The largest absolute Gasteiger partial charge is 0.289 e. The van der Waals surface area contributed by atoms with Gasteiger partial charge in [0.1, 0.15) is 0 Å². The molecule has 0 atom stereocenters. The molecule has 2 heteroatoms. The van der Waals surface area contributed by atoms with Crippen molar-refractivity contribution in [2.45, 2.75) is 27.7 Å². The number of allylic oxidation sites excluding steroid dienone is 4. The van der Waals surface area contributed by atoms with Gasteiger partial charge < -0.3 is 0 Å². The van der Waals surface area contributed by atoms with Crippen LogP contribution in [0, 0.1) is 27.7 Å². The van der Waals surface area contributed by atoms with Gasteiger partial charge in [-0.2, -0.15) is 0 Å². The first-order valence-electron chi connectivity index (χ1n) is 8.04. The number of ketones is 2. The summed E-state index contributed by atoms with van der Waals surface area (Å²) in [6.07, 6.45) is 2.97. The minimum atomic E-state index is -0.112. The second kappa shape index (κ2) is 6.04. The standard InChI is InChI=1S/C22H20O2/c1-13-5-7-15(3)17(9-13)19-11-22(24)20(12-21(19)23)18-10-14(2)6-8-16(18)4/h5-12H,1-4H3. The fourth-order valence-electron chi connectivity index (χ4n) is 3.03. The Hall–Kier alpha value is -2.74. The summed E-state index contributed by atoms with van der Waals surface area (Å²) >= 11 is 0. The maximum Gasteiger partial charge on any atom is 0.187 e. The average molecular weight is 316 g/mol. The van der Waals surface area contributed by atoms with Gasteiger partial charge in [0.2, 0.25) is 0 Å². The van der Waals surface area contributed by atoms with Gasteiger partial charge in [-0.3, -0.25) is 9.59 Å². The topological polar surface area (TPSA) is 34.1 Å². The predicted octanol–water partition coefficient (Wildman–Crippen LogP) is 4.54. The second-order valence-corrected chi connectivity index (χ2v) is 6.48. The van der Waals surface area contributed by atoms with E-state index in [1.54, 1.807) is 0 Å². The van der Waals surface area contributed by atoms with Crippen molar-refractivity contribution in [2.24, 2.45) is 0 Å². The van der Waals surface area contributed by atoms with Crippen LogP contribution in [0.5, 0.6) is 0 Å². The van der Waals surface area contributed by atoms with Crippen LogP contribution in [0.2, 0.25) is 0 Å². The normalized spacial score (nSPS) is 14.5. The number of rotatable bonds is 2. The molecule has 0 N–H and O–H groups in total. The molecule has 0 amide bonds. The summed E-state index contributed by atoms with van der Waals surface area (Å²) < 4.78 is 0. The van der Waals surface area contributed by atoms with Crippen LogP contribution in [0.15, 0.2) is 48.6 Å². The molecule has 0 bridgehead atoms. The minimum absolute atomic E-state index is 0.112. The Morgan fingerprint density at radius 1 is 0.583 bits per heavy atom. The lowest BCUT2D eigenvalue weighted by Crippen LogP contribution is -2.13. The van der Waals surface area contributed by atoms with Gasteiger partial charge in [-0.25, -0.2) is 0 Å². The summed E-state index contributed by atoms with van der Waals surface area (Å²) in [5, 5.41) is 0. The van der Waals surface area contributed by atoms with Crippen LogP contribution in [0.1, 0.15) is 33.4 Å². The number of benzene rings is 2. The Kier molecular flexibility index (Phi) is 4.06. The van der Waals surface area contributed by atoms with Gasteiger partial charge in [0, 0.05) is 11.1 Å². The van der Waals surface area contributed by atoms with Crippen molar-refractivity contribution in [3.05, 3.63) is 81.9 Å². The molecule has 120 valence electrons. The molecule has 0 heterocycles. The van der Waals surface area contributed by atoms with Crippen molar-refractivity contribution in [1.82, 2.24) is 0 Å². The Balaban J connectivity index is 2.07. The molecule has 3 rings (SSSR count). The molecular weight excluding hydrogens is 296 g/mol. The zero-order valence-electron chi connectivity index (χ0n) is 14.4. The quantitative estimate of drug-likeness (QED) is 0.762. The molecular formula is C22H20O2. The fraction of sp³-hybridized carbons (Fsp3) is 0.182. The Morgan fingerprint density at radius 3 is 1.33 bits per heavy atom. The number of aryl methyl sites for hydroxylation is 4. The number of carbonyl (C=O) groups excluding carboxylic acids is 2. The predicted molar refractivity (Wildman–Crippen MR) is 97.8 cm³/mol. The van der Waals surface area contributed by atoms with E-state index in [-0.39, 0.29) is 11.6 Å². The van der Waals surface area contributed by atoms with Gasteiger partial charge in [-0.15, -0.1) is 0 Å². The Labute approximate surface area is 142 Å². The van der Waals surface area contributed by atoms with E-state index in [0.717, 1.165) is 33.4 Å². The maximum absolute atomic E-state index is 12.7. The number of hydrogen-bond acceptors (Lipinski definition) is 2. The van der Waals surface area contributed by atoms with Gasteiger partial charge in [-0.05, 0) is 62.1 Å². The third-order valence-corrected chi connectivity index (χ3v) is 4.45. The van der Waals surface area contributed by atoms with Crippen LogP contribution in [-0.4, -0.2) is 11.6 Å². The molecule has 0 aliphatic heterocycles. The van der Waals surface area contributed by atoms with E-state index in [4.69, 9.17) is 0 Å². The van der Waals surface area contributed by atoms with Gasteiger partial charge in [-0.1, -0.05) is 47.5 Å². The Morgan fingerprint density at radius 2 is 0.958 bits per heavy atom. The minimum Gasteiger partial charge on any atom is -0.289 e. The SMILES string of the molecule is Cc1ccc(C)c(C2=CC(=O)C(c3cc(C)ccc3C)=CC2=O)c1. The van der Waals surface area contributed by atoms with Crippen molar-refractivity contribution in [2.75, 3.05) is 0 Å². The number of hydrogen-bond donors (Lipinski definition) is 0. The fourth-order valence-corrected chi connectivity index (χ4v) is 3.03. The zero-order valence-corrected chi connectivity index (χ0v) is 14.4. The summed E-state index contributed by atoms with van der Waals surface area (Å²) in [7, 11) is 0. The molecule has 0 saturated heterocycles. The van der Waals surface area contributed by atoms with E-state index in [0.29, 0.717) is 11.1 Å². The highest BCUT2D eigenvalue weighted by Gasteiger charge is 2.24. The molecule has 2 aromatic carbocycles. The van der Waals surface area contributed by atoms with Gasteiger partial charge in [0.25, 0.3) is 0 Å². The van der Waals surface area contributed by atoms with Crippen LogP contribution in [-0.2, 0) is 9.59 Å². The van der Waals surface area contributed by atoms with Crippen LogP contribution in [0.4, 0.5) is 0 Å². The van der Waals surface area contributed by atoms with Crippen molar-refractivity contribution in [3.8, 4) is 0 Å². The Bertz CT molecular complexity index is 849. The molecule has 0 radical (unpaired) electrons. The lowest BCUT2D eigenvalue weighted by molar-refractivity contribution is -0.112.